The van der Waals surface area contributed by atoms with E-state index in [1.54, 1.807) is 21.3 Å². The van der Waals surface area contributed by atoms with Crippen molar-refractivity contribution >= 4 is 17.3 Å². The normalized spacial score (nSPS) is 14.2. The molecule has 184 valence electrons. The maximum atomic E-state index is 13.9. The van der Waals surface area contributed by atoms with Crippen molar-refractivity contribution in [3.8, 4) is 17.2 Å². The third kappa shape index (κ3) is 4.58. The average Bonchev–Trinajstić information content (AvgIpc) is 3.28. The topological polar surface area (TPSA) is 80.9 Å². The number of anilines is 2. The fourth-order valence-electron chi connectivity index (χ4n) is 4.67. The third-order valence-corrected chi connectivity index (χ3v) is 6.39. The molecule has 1 unspecified atom stereocenters. The second kappa shape index (κ2) is 10.6. The van der Waals surface area contributed by atoms with E-state index in [9.17, 15) is 4.79 Å². The van der Waals surface area contributed by atoms with Gasteiger partial charge in [0.05, 0.1) is 32.7 Å². The zero-order chi connectivity index (χ0) is 24.8. The van der Waals surface area contributed by atoms with Gasteiger partial charge in [-0.15, -0.1) is 0 Å². The molecule has 0 saturated heterocycles. The lowest BCUT2D eigenvalue weighted by Crippen LogP contribution is -2.51. The minimum Gasteiger partial charge on any atom is -0.497 e. The number of benzene rings is 3. The second-order valence-corrected chi connectivity index (χ2v) is 8.50. The van der Waals surface area contributed by atoms with Crippen molar-refractivity contribution in [1.29, 1.82) is 0 Å². The molecule has 1 heterocycles. The van der Waals surface area contributed by atoms with E-state index < -0.39 is 11.6 Å². The fraction of sp³-hybridized carbons (Fsp3) is 0.321. The van der Waals surface area contributed by atoms with Crippen molar-refractivity contribution in [3.63, 3.8) is 0 Å². The number of nitrogens with one attached hydrogen (secondary N) is 3. The molecule has 3 N–H and O–H groups in total. The van der Waals surface area contributed by atoms with Gasteiger partial charge in [0.2, 0.25) is 5.91 Å². The summed E-state index contributed by atoms with van der Waals surface area (Å²) in [6.07, 6.45) is 1.89. The first-order valence-electron chi connectivity index (χ1n) is 11.9. The molecule has 0 spiro atoms. The van der Waals surface area contributed by atoms with Crippen LogP contribution in [0.2, 0.25) is 0 Å². The van der Waals surface area contributed by atoms with Gasteiger partial charge in [0.1, 0.15) is 11.7 Å². The summed E-state index contributed by atoms with van der Waals surface area (Å²) >= 11 is 0. The Morgan fingerprint density at radius 3 is 2.14 bits per heavy atom. The van der Waals surface area contributed by atoms with E-state index in [1.807, 2.05) is 66.7 Å². The van der Waals surface area contributed by atoms with Gasteiger partial charge < -0.3 is 30.2 Å². The highest BCUT2D eigenvalue weighted by Gasteiger charge is 2.51. The van der Waals surface area contributed by atoms with Crippen LogP contribution >= 0.6 is 0 Å². The first-order chi connectivity index (χ1) is 17.1. The lowest BCUT2D eigenvalue weighted by molar-refractivity contribution is -0.123. The van der Waals surface area contributed by atoms with E-state index in [1.165, 1.54) is 0 Å². The summed E-state index contributed by atoms with van der Waals surface area (Å²) < 4.78 is 16.8. The lowest BCUT2D eigenvalue weighted by atomic mass is 9.79. The summed E-state index contributed by atoms with van der Waals surface area (Å²) in [5.41, 5.74) is 2.35. The molecule has 1 aliphatic heterocycles. The standard InChI is InChI=1S/C28H33N3O4/c1-5-6-18-29-27(32)25(19-14-16-20(33-2)17-15-19)28(30-22-11-7-8-12-23(22)31-28)21-10-9-13-24(34-3)26(21)35-4/h7-17,25,30-31H,5-6,18H2,1-4H3,(H,29,32). The third-order valence-electron chi connectivity index (χ3n) is 6.39. The monoisotopic (exact) mass is 475 g/mol. The molecule has 7 heteroatoms. The van der Waals surface area contributed by atoms with Crippen molar-refractivity contribution in [2.45, 2.75) is 31.3 Å². The van der Waals surface area contributed by atoms with Gasteiger partial charge in [-0.05, 0) is 42.3 Å². The number of unbranched alkanes of at least 4 members (excludes halogenated alkanes) is 1. The Labute approximate surface area is 206 Å². The van der Waals surface area contributed by atoms with Crippen molar-refractivity contribution in [2.75, 3.05) is 38.5 Å². The first-order valence-corrected chi connectivity index (χ1v) is 11.9. The molecule has 0 aromatic heterocycles. The molecule has 0 radical (unpaired) electrons. The summed E-state index contributed by atoms with van der Waals surface area (Å²) in [6.45, 7) is 2.70. The quantitative estimate of drug-likeness (QED) is 0.354. The van der Waals surface area contributed by atoms with Gasteiger partial charge >= 0.3 is 0 Å². The Morgan fingerprint density at radius 1 is 0.886 bits per heavy atom. The summed E-state index contributed by atoms with van der Waals surface area (Å²) in [4.78, 5) is 13.9. The van der Waals surface area contributed by atoms with Gasteiger partial charge in [0, 0.05) is 12.1 Å². The number of carbonyl (C=O) groups is 1. The highest BCUT2D eigenvalue weighted by atomic mass is 16.5. The molecule has 0 bridgehead atoms. The Bertz CT molecular complexity index is 1140. The SMILES string of the molecule is CCCCNC(=O)C(c1ccc(OC)cc1)C1(c2cccc(OC)c2OC)Nc2ccccc2N1. The molecular formula is C28H33N3O4. The van der Waals surface area contributed by atoms with Crippen molar-refractivity contribution in [3.05, 3.63) is 77.9 Å². The minimum absolute atomic E-state index is 0.0960. The van der Waals surface area contributed by atoms with Crippen LogP contribution < -0.4 is 30.2 Å². The van der Waals surface area contributed by atoms with Crippen LogP contribution in [-0.4, -0.2) is 33.8 Å². The van der Waals surface area contributed by atoms with E-state index in [2.05, 4.69) is 22.9 Å². The number of hydrogen-bond donors (Lipinski definition) is 3. The number of rotatable bonds is 10. The van der Waals surface area contributed by atoms with Crippen molar-refractivity contribution < 1.29 is 19.0 Å². The van der Waals surface area contributed by atoms with Gasteiger partial charge in [-0.25, -0.2) is 0 Å². The Hall–Kier alpha value is -3.87. The van der Waals surface area contributed by atoms with E-state index in [4.69, 9.17) is 14.2 Å². The summed E-state index contributed by atoms with van der Waals surface area (Å²) in [5, 5.41) is 10.5. The van der Waals surface area contributed by atoms with Gasteiger partial charge in [0.15, 0.2) is 17.2 Å². The van der Waals surface area contributed by atoms with E-state index in [0.29, 0.717) is 18.0 Å². The van der Waals surface area contributed by atoms with Gasteiger partial charge in [-0.3, -0.25) is 4.79 Å². The van der Waals surface area contributed by atoms with E-state index >= 15 is 0 Å². The molecule has 3 aromatic carbocycles. The van der Waals surface area contributed by atoms with Gasteiger partial charge in [0.25, 0.3) is 0 Å². The summed E-state index contributed by atoms with van der Waals surface area (Å²) in [7, 11) is 4.85. The van der Waals surface area contributed by atoms with E-state index in [-0.39, 0.29) is 5.91 Å². The first kappa shape index (κ1) is 24.3. The summed E-state index contributed by atoms with van der Waals surface area (Å²) in [5.74, 6) is 1.12. The van der Waals surface area contributed by atoms with Crippen LogP contribution in [0.15, 0.2) is 66.7 Å². The predicted octanol–water partition coefficient (Wildman–Crippen LogP) is 5.10. The number of carbonyl (C=O) groups excluding carboxylic acids is 1. The van der Waals surface area contributed by atoms with Crippen LogP contribution in [-0.2, 0) is 10.5 Å². The number of hydrogen-bond acceptors (Lipinski definition) is 6. The number of fused-ring (bicyclic) bond motifs is 1. The Kier molecular flexibility index (Phi) is 7.34. The van der Waals surface area contributed by atoms with Crippen LogP contribution in [0.1, 0.15) is 36.8 Å². The molecular weight excluding hydrogens is 442 g/mol. The largest absolute Gasteiger partial charge is 0.497 e. The Morgan fingerprint density at radius 2 is 1.57 bits per heavy atom. The summed E-state index contributed by atoms with van der Waals surface area (Å²) in [6, 6.07) is 21.3. The van der Waals surface area contributed by atoms with Crippen LogP contribution in [0.4, 0.5) is 11.4 Å². The molecule has 1 aliphatic rings. The highest BCUT2D eigenvalue weighted by Crippen LogP contribution is 2.51. The van der Waals surface area contributed by atoms with Crippen molar-refractivity contribution in [1.82, 2.24) is 5.32 Å². The maximum absolute atomic E-state index is 13.9. The molecule has 0 aliphatic carbocycles. The smallest absolute Gasteiger partial charge is 0.232 e. The molecule has 3 aromatic rings. The Balaban J connectivity index is 1.93. The van der Waals surface area contributed by atoms with Gasteiger partial charge in [-0.1, -0.05) is 49.7 Å². The number of ether oxygens (including phenoxy) is 3. The lowest BCUT2D eigenvalue weighted by Gasteiger charge is -2.39. The highest BCUT2D eigenvalue weighted by molar-refractivity contribution is 5.90. The molecule has 4 rings (SSSR count). The predicted molar refractivity (Wildman–Crippen MR) is 139 cm³/mol. The van der Waals surface area contributed by atoms with Crippen molar-refractivity contribution in [2.24, 2.45) is 0 Å². The second-order valence-electron chi connectivity index (χ2n) is 8.50. The molecule has 35 heavy (non-hydrogen) atoms. The minimum atomic E-state index is -1.05. The molecule has 0 fully saturated rings. The molecule has 1 amide bonds. The zero-order valence-electron chi connectivity index (χ0n) is 20.7. The number of amides is 1. The van der Waals surface area contributed by atoms with Crippen LogP contribution in [0.5, 0.6) is 17.2 Å². The van der Waals surface area contributed by atoms with Crippen LogP contribution in [0.25, 0.3) is 0 Å². The number of para-hydroxylation sites is 3. The number of methoxy groups -OCH3 is 3. The van der Waals surface area contributed by atoms with Gasteiger partial charge in [-0.2, -0.15) is 0 Å². The molecule has 7 nitrogen and oxygen atoms in total. The molecule has 0 saturated carbocycles. The fourth-order valence-corrected chi connectivity index (χ4v) is 4.67. The van der Waals surface area contributed by atoms with Crippen LogP contribution in [0.3, 0.4) is 0 Å². The average molecular weight is 476 g/mol. The zero-order valence-corrected chi connectivity index (χ0v) is 20.7. The maximum Gasteiger partial charge on any atom is 0.232 e. The van der Waals surface area contributed by atoms with E-state index in [0.717, 1.165) is 41.1 Å². The van der Waals surface area contributed by atoms with Crippen LogP contribution in [0, 0.1) is 0 Å². The molecule has 1 atom stereocenters.